The van der Waals surface area contributed by atoms with E-state index in [2.05, 4.69) is 164 Å². The van der Waals surface area contributed by atoms with Crippen molar-refractivity contribution in [2.45, 2.75) is 40.8 Å². The number of nitrogens with one attached hydrogen (secondary N) is 1. The van der Waals surface area contributed by atoms with Crippen LogP contribution >= 0.6 is 11.8 Å². The van der Waals surface area contributed by atoms with Gasteiger partial charge in [-0.05, 0) is 57.8 Å². The third-order valence-corrected chi connectivity index (χ3v) is 14.7. The molecule has 0 saturated carbocycles. The highest BCUT2D eigenvalue weighted by Gasteiger charge is 2.55. The number of hydrogen-bond acceptors (Lipinski definition) is 8. The molecule has 1 spiro atoms. The molecule has 0 bridgehead atoms. The van der Waals surface area contributed by atoms with E-state index < -0.39 is 11.6 Å². The fourth-order valence-electron chi connectivity index (χ4n) is 10.3. The van der Waals surface area contributed by atoms with Crippen LogP contribution in [0.5, 0.6) is 5.75 Å². The number of amidine groups is 2. The minimum Gasteiger partial charge on any atom is -0.485 e. The van der Waals surface area contributed by atoms with Crippen LogP contribution in [0.15, 0.2) is 227 Å². The standard InChI is InChI=1S/C61H46N6OS/c1-3-5-19-40(4-2)56-62-54(63-57(64-56)41-20-8-6-9-21-41)36-39-32-34-43(35-33-39)59-65-58(42-22-10-7-11-23-42)66-60(67-59)46-26-18-29-49-55(46)69-53-31-17-15-28-48(53)61(49)47-27-14-16-30-51(47)68-52-38-45-25-13-12-24-44(45)37-50(52)61/h3-35,37-38,50,52,59H,1,36H2,2H3,(H,65,66,67)/b19-5-,40-4+. The molecule has 7 aromatic carbocycles. The van der Waals surface area contributed by atoms with E-state index in [0.717, 1.165) is 50.8 Å². The van der Waals surface area contributed by atoms with Gasteiger partial charge in [-0.2, -0.15) is 0 Å². The summed E-state index contributed by atoms with van der Waals surface area (Å²) >= 11 is 1.82. The van der Waals surface area contributed by atoms with Crippen LogP contribution in [0.4, 0.5) is 0 Å². The highest BCUT2D eigenvalue weighted by Crippen LogP contribution is 2.61. The minimum absolute atomic E-state index is 0.0272. The number of aliphatic imine (C=N–C) groups is 2. The Morgan fingerprint density at radius 2 is 1.35 bits per heavy atom. The van der Waals surface area contributed by atoms with Crippen molar-refractivity contribution in [3.63, 3.8) is 0 Å². The van der Waals surface area contributed by atoms with Crippen LogP contribution in [-0.2, 0) is 11.8 Å². The van der Waals surface area contributed by atoms with Gasteiger partial charge in [0.1, 0.15) is 29.3 Å². The summed E-state index contributed by atoms with van der Waals surface area (Å²) in [5.41, 5.74) is 9.02. The molecule has 332 valence electrons. The van der Waals surface area contributed by atoms with E-state index in [-0.39, 0.29) is 12.0 Å². The van der Waals surface area contributed by atoms with Crippen molar-refractivity contribution in [2.75, 3.05) is 0 Å². The van der Waals surface area contributed by atoms with Crippen molar-refractivity contribution in [2.24, 2.45) is 15.9 Å². The lowest BCUT2D eigenvalue weighted by Crippen LogP contribution is -2.53. The predicted molar refractivity (Wildman–Crippen MR) is 279 cm³/mol. The molecule has 1 aromatic heterocycles. The summed E-state index contributed by atoms with van der Waals surface area (Å²) in [6, 6.07) is 61.9. The van der Waals surface area contributed by atoms with Crippen molar-refractivity contribution in [1.82, 2.24) is 20.3 Å². The molecule has 69 heavy (non-hydrogen) atoms. The Bertz CT molecular complexity index is 3570. The zero-order valence-electron chi connectivity index (χ0n) is 37.9. The van der Waals surface area contributed by atoms with E-state index in [4.69, 9.17) is 29.7 Å². The first-order valence-electron chi connectivity index (χ1n) is 23.4. The average molecular weight is 911 g/mol. The second-order valence-corrected chi connectivity index (χ2v) is 18.5. The number of rotatable bonds is 9. The maximum Gasteiger partial charge on any atom is 0.169 e. The third-order valence-electron chi connectivity index (χ3n) is 13.5. The van der Waals surface area contributed by atoms with E-state index in [1.165, 1.54) is 36.9 Å². The molecule has 3 aliphatic heterocycles. The first-order chi connectivity index (χ1) is 34.1. The molecule has 12 rings (SSSR count). The zero-order chi connectivity index (χ0) is 46.3. The van der Waals surface area contributed by atoms with Crippen LogP contribution in [0.2, 0.25) is 0 Å². The molecule has 0 fully saturated rings. The summed E-state index contributed by atoms with van der Waals surface area (Å²) in [7, 11) is 0. The first-order valence-corrected chi connectivity index (χ1v) is 24.2. The average Bonchev–Trinajstić information content (AvgIpc) is 3.41. The highest BCUT2D eigenvalue weighted by molar-refractivity contribution is 7.99. The second-order valence-electron chi connectivity index (χ2n) is 17.5. The molecule has 4 heterocycles. The number of allylic oxidation sites excluding steroid dienone is 5. The van der Waals surface area contributed by atoms with Gasteiger partial charge in [-0.3, -0.25) is 0 Å². The Morgan fingerprint density at radius 3 is 2.13 bits per heavy atom. The summed E-state index contributed by atoms with van der Waals surface area (Å²) in [4.78, 5) is 28.0. The van der Waals surface area contributed by atoms with E-state index in [0.29, 0.717) is 23.9 Å². The van der Waals surface area contributed by atoms with Gasteiger partial charge in [-0.1, -0.05) is 213 Å². The molecule has 4 aliphatic rings. The summed E-state index contributed by atoms with van der Waals surface area (Å²) < 4.78 is 6.96. The maximum absolute atomic E-state index is 6.96. The molecular formula is C61H46N6OS. The van der Waals surface area contributed by atoms with Gasteiger partial charge in [0.2, 0.25) is 0 Å². The van der Waals surface area contributed by atoms with Gasteiger partial charge in [-0.25, -0.2) is 24.9 Å². The van der Waals surface area contributed by atoms with E-state index in [1.54, 1.807) is 6.08 Å². The van der Waals surface area contributed by atoms with E-state index in [9.17, 15) is 0 Å². The first kappa shape index (κ1) is 42.2. The predicted octanol–water partition coefficient (Wildman–Crippen LogP) is 11.2. The molecule has 0 radical (unpaired) electrons. The fourth-order valence-corrected chi connectivity index (χ4v) is 11.6. The Labute approximate surface area is 405 Å². The van der Waals surface area contributed by atoms with Crippen molar-refractivity contribution in [1.29, 1.82) is 0 Å². The number of benzene rings is 7. The SMILES string of the molecule is C=C/C=C\C(=C/C)c1nc(Cc2ccc(C3N=C(c4ccccc4)NC(c4cccc5c4Sc4ccccc4C54c5ccccc5OC5C=c6ccccc6=CC54)=N3)cc2)nc(-c2ccccc2)n1. The molecular weight excluding hydrogens is 865 g/mol. The molecule has 0 saturated heterocycles. The fraction of sp³-hybridized carbons (Fsp3) is 0.0984. The Kier molecular flexibility index (Phi) is 10.9. The van der Waals surface area contributed by atoms with Crippen LogP contribution in [-0.4, -0.2) is 32.7 Å². The summed E-state index contributed by atoms with van der Waals surface area (Å²) in [6.45, 7) is 5.84. The molecule has 7 nitrogen and oxygen atoms in total. The summed E-state index contributed by atoms with van der Waals surface area (Å²) in [5, 5.41) is 6.16. The number of aromatic nitrogens is 3. The number of fused-ring (bicyclic) bond motifs is 9. The largest absolute Gasteiger partial charge is 0.485 e. The monoisotopic (exact) mass is 910 g/mol. The van der Waals surface area contributed by atoms with Crippen molar-refractivity contribution in [3.05, 3.63) is 268 Å². The van der Waals surface area contributed by atoms with Crippen LogP contribution in [0, 0.1) is 5.92 Å². The van der Waals surface area contributed by atoms with Crippen LogP contribution in [0.1, 0.15) is 63.7 Å². The number of nitrogens with zero attached hydrogens (tertiary/aromatic N) is 5. The minimum atomic E-state index is -0.560. The van der Waals surface area contributed by atoms with Crippen molar-refractivity contribution in [3.8, 4) is 17.1 Å². The van der Waals surface area contributed by atoms with Crippen molar-refractivity contribution < 1.29 is 4.74 Å². The van der Waals surface area contributed by atoms with Crippen LogP contribution in [0.25, 0.3) is 29.1 Å². The second kappa shape index (κ2) is 17.8. The van der Waals surface area contributed by atoms with Gasteiger partial charge in [0.25, 0.3) is 0 Å². The van der Waals surface area contributed by atoms with Gasteiger partial charge in [0.05, 0.1) is 5.41 Å². The van der Waals surface area contributed by atoms with E-state index >= 15 is 0 Å². The Morgan fingerprint density at radius 1 is 0.667 bits per heavy atom. The molecule has 4 unspecified atom stereocenters. The molecule has 8 aromatic rings. The zero-order valence-corrected chi connectivity index (χ0v) is 38.7. The topological polar surface area (TPSA) is 84.7 Å². The third kappa shape index (κ3) is 7.54. The molecule has 1 N–H and O–H groups in total. The molecule has 8 heteroatoms. The maximum atomic E-state index is 6.96. The summed E-state index contributed by atoms with van der Waals surface area (Å²) in [5.74, 6) is 4.36. The smallest absolute Gasteiger partial charge is 0.169 e. The van der Waals surface area contributed by atoms with Crippen molar-refractivity contribution >= 4 is 41.2 Å². The van der Waals surface area contributed by atoms with Crippen LogP contribution in [0.3, 0.4) is 0 Å². The quantitative estimate of drug-likeness (QED) is 0.145. The lowest BCUT2D eigenvalue weighted by atomic mass is 9.57. The lowest BCUT2D eigenvalue weighted by molar-refractivity contribution is 0.158. The number of ether oxygens (including phenoxy) is 1. The molecule has 1 aliphatic carbocycles. The Balaban J connectivity index is 0.961. The van der Waals surface area contributed by atoms with Gasteiger partial charge < -0.3 is 10.1 Å². The number of hydrogen-bond donors (Lipinski definition) is 1. The van der Waals surface area contributed by atoms with Crippen LogP contribution < -0.4 is 20.5 Å². The van der Waals surface area contributed by atoms with Gasteiger partial charge in [0.15, 0.2) is 17.8 Å². The van der Waals surface area contributed by atoms with E-state index in [1.807, 2.05) is 73.3 Å². The number of para-hydroxylation sites is 1. The summed E-state index contributed by atoms with van der Waals surface area (Å²) in [6.07, 6.45) is 12.2. The Hall–Kier alpha value is -8.20. The highest BCUT2D eigenvalue weighted by atomic mass is 32.2. The van der Waals surface area contributed by atoms with Gasteiger partial charge in [-0.15, -0.1) is 0 Å². The lowest BCUT2D eigenvalue weighted by Gasteiger charge is -2.51. The molecule has 4 atom stereocenters. The molecule has 0 amide bonds. The van der Waals surface area contributed by atoms with Gasteiger partial charge in [0, 0.05) is 50.0 Å². The normalized spacial score (nSPS) is 19.7. The van der Waals surface area contributed by atoms with Gasteiger partial charge >= 0.3 is 0 Å².